The van der Waals surface area contributed by atoms with Crippen LogP contribution in [0.4, 0.5) is 17.8 Å². The first-order valence-electron chi connectivity index (χ1n) is 10.7. The van der Waals surface area contributed by atoms with E-state index in [2.05, 4.69) is 20.4 Å². The monoisotopic (exact) mass is 405 g/mol. The molecule has 11 heteroatoms. The summed E-state index contributed by atoms with van der Waals surface area (Å²) in [6, 6.07) is 0.387. The molecular formula is C18H35N11. The lowest BCUT2D eigenvalue weighted by Crippen LogP contribution is -2.54. The molecule has 0 aliphatic carbocycles. The highest BCUT2D eigenvalue weighted by Gasteiger charge is 2.29. The summed E-state index contributed by atoms with van der Waals surface area (Å²) < 4.78 is 0. The van der Waals surface area contributed by atoms with Gasteiger partial charge in [0.15, 0.2) is 0 Å². The summed E-state index contributed by atoms with van der Waals surface area (Å²) in [6.45, 7) is 4.72. The van der Waals surface area contributed by atoms with Crippen LogP contribution in [0.2, 0.25) is 0 Å². The Bertz CT molecular complexity index is 616. The summed E-state index contributed by atoms with van der Waals surface area (Å²) >= 11 is 0. The van der Waals surface area contributed by atoms with Crippen molar-refractivity contribution in [1.82, 2.24) is 20.3 Å². The van der Waals surface area contributed by atoms with E-state index in [1.165, 1.54) is 0 Å². The lowest BCUT2D eigenvalue weighted by molar-refractivity contribution is 0.440. The Morgan fingerprint density at radius 1 is 0.724 bits per heavy atom. The molecule has 0 bridgehead atoms. The predicted octanol–water partition coefficient (Wildman–Crippen LogP) is -2.24. The molecule has 4 atom stereocenters. The topological polar surface area (TPSA) is 173 Å². The molecule has 3 fully saturated rings. The maximum absolute atomic E-state index is 6.20. The molecule has 10 N–H and O–H groups in total. The van der Waals surface area contributed by atoms with Gasteiger partial charge in [0.05, 0.1) is 0 Å². The van der Waals surface area contributed by atoms with Crippen molar-refractivity contribution in [2.24, 2.45) is 22.9 Å². The molecule has 29 heavy (non-hydrogen) atoms. The van der Waals surface area contributed by atoms with Gasteiger partial charge in [0.25, 0.3) is 0 Å². The van der Waals surface area contributed by atoms with Crippen LogP contribution < -0.4 is 43.4 Å². The minimum absolute atomic E-state index is 0.0108. The van der Waals surface area contributed by atoms with Gasteiger partial charge < -0.3 is 43.4 Å². The van der Waals surface area contributed by atoms with Gasteiger partial charge in [0.2, 0.25) is 17.8 Å². The highest BCUT2D eigenvalue weighted by molar-refractivity contribution is 5.47. The molecular weight excluding hydrogens is 370 g/mol. The van der Waals surface area contributed by atoms with Gasteiger partial charge in [-0.15, -0.1) is 0 Å². The molecule has 4 rings (SSSR count). The molecule has 0 unspecified atom stereocenters. The lowest BCUT2D eigenvalue weighted by Gasteiger charge is -2.37. The summed E-state index contributed by atoms with van der Waals surface area (Å²) in [5.41, 5.74) is 24.8. The summed E-state index contributed by atoms with van der Waals surface area (Å²) in [7, 11) is 0. The van der Waals surface area contributed by atoms with Crippen LogP contribution in [0.3, 0.4) is 0 Å². The van der Waals surface area contributed by atoms with Crippen molar-refractivity contribution in [2.75, 3.05) is 54.4 Å². The molecule has 0 spiro atoms. The second kappa shape index (κ2) is 8.92. The van der Waals surface area contributed by atoms with Crippen molar-refractivity contribution < 1.29 is 0 Å². The quantitative estimate of drug-likeness (QED) is 0.320. The van der Waals surface area contributed by atoms with Gasteiger partial charge in [-0.05, 0) is 38.8 Å². The van der Waals surface area contributed by atoms with Crippen molar-refractivity contribution in [2.45, 2.75) is 55.9 Å². The fraction of sp³-hybridized carbons (Fsp3) is 0.833. The molecule has 0 aromatic carbocycles. The third kappa shape index (κ3) is 5.23. The fourth-order valence-electron chi connectivity index (χ4n) is 4.53. The molecule has 1 aromatic rings. The second-order valence-corrected chi connectivity index (χ2v) is 8.75. The van der Waals surface area contributed by atoms with Gasteiger partial charge in [-0.2, -0.15) is 15.0 Å². The third-order valence-corrected chi connectivity index (χ3v) is 5.88. The number of nitrogens with one attached hydrogen (secondary N) is 2. The van der Waals surface area contributed by atoms with Crippen LogP contribution >= 0.6 is 0 Å². The van der Waals surface area contributed by atoms with Crippen molar-refractivity contribution in [3.63, 3.8) is 0 Å². The Balaban J connectivity index is 1.61. The van der Waals surface area contributed by atoms with Crippen LogP contribution in [0.15, 0.2) is 0 Å². The van der Waals surface area contributed by atoms with E-state index in [0.717, 1.165) is 38.8 Å². The number of nitrogens with zero attached hydrogens (tertiary/aromatic N) is 5. The summed E-state index contributed by atoms with van der Waals surface area (Å²) in [5.74, 6) is 1.83. The van der Waals surface area contributed by atoms with Crippen LogP contribution in [-0.2, 0) is 0 Å². The van der Waals surface area contributed by atoms with Gasteiger partial charge in [0, 0.05) is 56.4 Å². The standard InChI is InChI=1S/C18H35N11/c19-11-5-12(20)8-28(7-11)17-25-16(24-15-1-3-23-4-2-15)26-18(27-17)29-9-13(21)6-14(22)10-29/h11-15,23H,1-10,19-22H2,(H,24,25,26,27)/t11-,12+,13-,14+. The average Bonchev–Trinajstić information content (AvgIpc) is 2.67. The maximum Gasteiger partial charge on any atom is 0.232 e. The number of piperidine rings is 3. The van der Waals surface area contributed by atoms with E-state index in [9.17, 15) is 0 Å². The number of aromatic nitrogens is 3. The number of hydrogen-bond acceptors (Lipinski definition) is 11. The number of anilines is 3. The maximum atomic E-state index is 6.20. The van der Waals surface area contributed by atoms with E-state index in [4.69, 9.17) is 37.9 Å². The Kier molecular flexibility index (Phi) is 6.30. The second-order valence-electron chi connectivity index (χ2n) is 8.75. The van der Waals surface area contributed by atoms with Crippen LogP contribution in [0.25, 0.3) is 0 Å². The smallest absolute Gasteiger partial charge is 0.232 e. The van der Waals surface area contributed by atoms with Crippen LogP contribution in [0.5, 0.6) is 0 Å². The zero-order valence-corrected chi connectivity index (χ0v) is 17.0. The van der Waals surface area contributed by atoms with Gasteiger partial charge >= 0.3 is 0 Å². The predicted molar refractivity (Wildman–Crippen MR) is 115 cm³/mol. The number of rotatable bonds is 4. The first-order chi connectivity index (χ1) is 14.0. The Morgan fingerprint density at radius 3 is 1.62 bits per heavy atom. The minimum Gasteiger partial charge on any atom is -0.351 e. The van der Waals surface area contributed by atoms with Crippen LogP contribution in [0, 0.1) is 0 Å². The molecule has 0 saturated carbocycles. The highest BCUT2D eigenvalue weighted by Crippen LogP contribution is 2.23. The van der Waals surface area contributed by atoms with E-state index in [1.54, 1.807) is 0 Å². The van der Waals surface area contributed by atoms with E-state index in [1.807, 2.05) is 0 Å². The first kappa shape index (κ1) is 20.5. The van der Waals surface area contributed by atoms with Gasteiger partial charge in [-0.1, -0.05) is 0 Å². The van der Waals surface area contributed by atoms with Gasteiger partial charge in [0.1, 0.15) is 0 Å². The van der Waals surface area contributed by atoms with E-state index >= 15 is 0 Å². The highest BCUT2D eigenvalue weighted by atomic mass is 15.4. The van der Waals surface area contributed by atoms with Crippen molar-refractivity contribution >= 4 is 17.8 Å². The molecule has 11 nitrogen and oxygen atoms in total. The van der Waals surface area contributed by atoms with Crippen LogP contribution in [0.1, 0.15) is 25.7 Å². The van der Waals surface area contributed by atoms with E-state index in [-0.39, 0.29) is 24.2 Å². The molecule has 3 aliphatic rings. The zero-order chi connectivity index (χ0) is 20.4. The van der Waals surface area contributed by atoms with Gasteiger partial charge in [-0.25, -0.2) is 0 Å². The van der Waals surface area contributed by atoms with E-state index < -0.39 is 0 Å². The summed E-state index contributed by atoms with van der Waals surface area (Å²) in [4.78, 5) is 18.4. The molecule has 162 valence electrons. The molecule has 1 aromatic heterocycles. The zero-order valence-electron chi connectivity index (χ0n) is 17.0. The Hall–Kier alpha value is -1.79. The first-order valence-corrected chi connectivity index (χ1v) is 10.7. The summed E-state index contributed by atoms with van der Waals surface area (Å²) in [5, 5.41) is 6.89. The largest absolute Gasteiger partial charge is 0.351 e. The normalized spacial score (nSPS) is 31.7. The Morgan fingerprint density at radius 2 is 1.17 bits per heavy atom. The van der Waals surface area contributed by atoms with Gasteiger partial charge in [-0.3, -0.25) is 0 Å². The number of hydrogen-bond donors (Lipinski definition) is 6. The summed E-state index contributed by atoms with van der Waals surface area (Å²) in [6.07, 6.45) is 3.69. The molecule has 0 amide bonds. The average molecular weight is 406 g/mol. The van der Waals surface area contributed by atoms with Crippen LogP contribution in [-0.4, -0.2) is 84.4 Å². The van der Waals surface area contributed by atoms with Crippen molar-refractivity contribution in [3.8, 4) is 0 Å². The minimum atomic E-state index is 0.0108. The van der Waals surface area contributed by atoms with E-state index in [0.29, 0.717) is 50.1 Å². The van der Waals surface area contributed by atoms with Crippen molar-refractivity contribution in [3.05, 3.63) is 0 Å². The number of nitrogens with two attached hydrogens (primary N) is 4. The molecule has 0 radical (unpaired) electrons. The molecule has 4 heterocycles. The molecule has 3 aliphatic heterocycles. The van der Waals surface area contributed by atoms with Crippen molar-refractivity contribution in [1.29, 1.82) is 0 Å². The SMILES string of the molecule is N[C@@H]1C[C@H](N)CN(c2nc(NC3CCNCC3)nc(N3C[C@H](N)C[C@H](N)C3)n2)C1. The molecule has 3 saturated heterocycles. The lowest BCUT2D eigenvalue weighted by atomic mass is 10.0. The Labute approximate surface area is 172 Å². The third-order valence-electron chi connectivity index (χ3n) is 5.88. The fourth-order valence-corrected chi connectivity index (χ4v) is 4.53.